The van der Waals surface area contributed by atoms with Crippen molar-refractivity contribution in [3.8, 4) is 22.8 Å². The number of ether oxygens (including phenoxy) is 2. The normalized spacial score (nSPS) is 15.2. The highest BCUT2D eigenvalue weighted by Crippen LogP contribution is 2.44. The van der Waals surface area contributed by atoms with Crippen LogP contribution in [0.25, 0.3) is 22.9 Å². The minimum absolute atomic E-state index is 0.153. The third-order valence-corrected chi connectivity index (χ3v) is 5.42. The molecule has 1 aliphatic carbocycles. The van der Waals surface area contributed by atoms with Crippen molar-refractivity contribution in [2.75, 3.05) is 19.5 Å². The Morgan fingerprint density at radius 3 is 2.68 bits per heavy atom. The molecule has 2 heterocycles. The molecule has 0 spiro atoms. The fraction of sp³-hybridized carbons (Fsp3) is 0.143. The molecule has 140 valence electrons. The molecule has 7 heteroatoms. The van der Waals surface area contributed by atoms with Crippen LogP contribution in [0.15, 0.2) is 30.3 Å². The molecule has 0 atom stereocenters. The summed E-state index contributed by atoms with van der Waals surface area (Å²) in [5.41, 5.74) is 7.00. The predicted octanol–water partition coefficient (Wildman–Crippen LogP) is 4.14. The molecule has 1 aliphatic heterocycles. The molecule has 1 aromatic heterocycles. The van der Waals surface area contributed by atoms with Crippen molar-refractivity contribution in [1.82, 2.24) is 10.2 Å². The average molecular weight is 394 g/mol. The highest BCUT2D eigenvalue weighted by molar-refractivity contribution is 6.36. The standard InChI is InChI=1S/C21H16ClN3O3/c1-27-18-6-10-5-15-17(24-25-20(15)13(10)9-19(18)28-2)8-14-12-4-3-11(22)7-16(12)23-21(14)26/h3-4,6-9H,5H2,1-2H3,(H,23,26)(H,24,25)/b14-8-. The molecule has 0 saturated carbocycles. The van der Waals surface area contributed by atoms with Gasteiger partial charge in [-0.05, 0) is 35.9 Å². The maximum Gasteiger partial charge on any atom is 0.256 e. The van der Waals surface area contributed by atoms with Crippen LogP contribution in [0.5, 0.6) is 11.5 Å². The minimum Gasteiger partial charge on any atom is -0.493 e. The summed E-state index contributed by atoms with van der Waals surface area (Å²) in [5.74, 6) is 1.20. The number of methoxy groups -OCH3 is 2. The molecule has 1 amide bonds. The highest BCUT2D eigenvalue weighted by Gasteiger charge is 2.29. The molecule has 28 heavy (non-hydrogen) atoms. The maximum absolute atomic E-state index is 12.5. The Balaban J connectivity index is 1.59. The monoisotopic (exact) mass is 393 g/mol. The number of rotatable bonds is 3. The van der Waals surface area contributed by atoms with Gasteiger partial charge in [-0.2, -0.15) is 5.10 Å². The van der Waals surface area contributed by atoms with Crippen LogP contribution in [-0.2, 0) is 11.2 Å². The van der Waals surface area contributed by atoms with Crippen LogP contribution in [0.4, 0.5) is 5.69 Å². The first-order valence-corrected chi connectivity index (χ1v) is 9.12. The Kier molecular flexibility index (Phi) is 3.70. The number of H-pyrrole nitrogens is 1. The van der Waals surface area contributed by atoms with Gasteiger partial charge in [0.25, 0.3) is 5.91 Å². The lowest BCUT2D eigenvalue weighted by Crippen LogP contribution is -2.03. The van der Waals surface area contributed by atoms with Crippen molar-refractivity contribution in [2.45, 2.75) is 6.42 Å². The summed E-state index contributed by atoms with van der Waals surface area (Å²) in [6.45, 7) is 0. The van der Waals surface area contributed by atoms with E-state index in [9.17, 15) is 4.79 Å². The number of anilines is 1. The first kappa shape index (κ1) is 16.9. The number of benzene rings is 2. The fourth-order valence-electron chi connectivity index (χ4n) is 3.83. The number of nitrogens with zero attached hydrogens (tertiary/aromatic N) is 1. The van der Waals surface area contributed by atoms with Crippen LogP contribution in [0.3, 0.4) is 0 Å². The molecule has 2 aromatic carbocycles. The van der Waals surface area contributed by atoms with E-state index in [1.807, 2.05) is 24.3 Å². The largest absolute Gasteiger partial charge is 0.493 e. The molecule has 3 aromatic rings. The number of carbonyl (C=O) groups is 1. The SMILES string of the molecule is COc1cc2c(cc1OC)-c1n[nH]c(/C=C3\C(=O)Nc4cc(Cl)ccc43)c1C2. The Morgan fingerprint density at radius 1 is 1.11 bits per heavy atom. The molecule has 0 radical (unpaired) electrons. The van der Waals surface area contributed by atoms with Gasteiger partial charge in [0.15, 0.2) is 11.5 Å². The van der Waals surface area contributed by atoms with Crippen molar-refractivity contribution < 1.29 is 14.3 Å². The number of hydrogen-bond acceptors (Lipinski definition) is 4. The molecular formula is C21H16ClN3O3. The summed E-state index contributed by atoms with van der Waals surface area (Å²) in [6.07, 6.45) is 2.55. The van der Waals surface area contributed by atoms with E-state index >= 15 is 0 Å². The second kappa shape index (κ2) is 6.14. The summed E-state index contributed by atoms with van der Waals surface area (Å²) in [6, 6.07) is 9.30. The van der Waals surface area contributed by atoms with Crippen molar-refractivity contribution >= 4 is 34.8 Å². The Morgan fingerprint density at radius 2 is 1.89 bits per heavy atom. The van der Waals surface area contributed by atoms with E-state index in [0.29, 0.717) is 28.5 Å². The number of halogens is 1. The Bertz CT molecular complexity index is 1180. The van der Waals surface area contributed by atoms with Crippen molar-refractivity contribution in [2.24, 2.45) is 0 Å². The zero-order valence-electron chi connectivity index (χ0n) is 15.2. The lowest BCUT2D eigenvalue weighted by Gasteiger charge is -2.09. The molecule has 2 N–H and O–H groups in total. The summed E-state index contributed by atoms with van der Waals surface area (Å²) in [4.78, 5) is 12.5. The third kappa shape index (κ3) is 2.42. The zero-order chi connectivity index (χ0) is 19.4. The van der Waals surface area contributed by atoms with Gasteiger partial charge >= 0.3 is 0 Å². The van der Waals surface area contributed by atoms with E-state index in [1.165, 1.54) is 0 Å². The lowest BCUT2D eigenvalue weighted by molar-refractivity contribution is -0.110. The van der Waals surface area contributed by atoms with E-state index in [1.54, 1.807) is 26.4 Å². The van der Waals surface area contributed by atoms with E-state index in [-0.39, 0.29) is 5.91 Å². The first-order valence-electron chi connectivity index (χ1n) is 8.74. The van der Waals surface area contributed by atoms with Crippen LogP contribution in [-0.4, -0.2) is 30.3 Å². The lowest BCUT2D eigenvalue weighted by atomic mass is 10.0. The van der Waals surface area contributed by atoms with Crippen molar-refractivity contribution in [1.29, 1.82) is 0 Å². The number of carbonyl (C=O) groups excluding carboxylic acids is 1. The number of fused-ring (bicyclic) bond motifs is 4. The molecule has 0 fully saturated rings. The average Bonchev–Trinajstić information content (AvgIpc) is 3.33. The van der Waals surface area contributed by atoms with Gasteiger partial charge in [0, 0.05) is 28.1 Å². The molecule has 2 aliphatic rings. The summed E-state index contributed by atoms with van der Waals surface area (Å²) in [7, 11) is 3.24. The van der Waals surface area contributed by atoms with Gasteiger partial charge in [0.2, 0.25) is 0 Å². The number of aromatic amines is 1. The third-order valence-electron chi connectivity index (χ3n) is 5.18. The predicted molar refractivity (Wildman–Crippen MR) is 108 cm³/mol. The second-order valence-electron chi connectivity index (χ2n) is 6.71. The van der Waals surface area contributed by atoms with Gasteiger partial charge in [-0.1, -0.05) is 17.7 Å². The fourth-order valence-corrected chi connectivity index (χ4v) is 4.00. The summed E-state index contributed by atoms with van der Waals surface area (Å²) < 4.78 is 10.8. The topological polar surface area (TPSA) is 76.2 Å². The second-order valence-corrected chi connectivity index (χ2v) is 7.14. The Hall–Kier alpha value is -3.25. The van der Waals surface area contributed by atoms with Crippen LogP contribution in [0.1, 0.15) is 22.4 Å². The highest BCUT2D eigenvalue weighted by atomic mass is 35.5. The van der Waals surface area contributed by atoms with Gasteiger partial charge in [-0.15, -0.1) is 0 Å². The molecule has 0 saturated heterocycles. The van der Waals surface area contributed by atoms with Crippen LogP contribution in [0, 0.1) is 0 Å². The first-order chi connectivity index (χ1) is 13.6. The Labute approximate surface area is 166 Å². The molecule has 0 bridgehead atoms. The number of nitrogens with one attached hydrogen (secondary N) is 2. The molecule has 5 rings (SSSR count). The minimum atomic E-state index is -0.153. The number of hydrogen-bond donors (Lipinski definition) is 2. The van der Waals surface area contributed by atoms with E-state index in [2.05, 4.69) is 15.5 Å². The van der Waals surface area contributed by atoms with Gasteiger partial charge in [-0.25, -0.2) is 0 Å². The van der Waals surface area contributed by atoms with Crippen molar-refractivity contribution in [3.05, 3.63) is 57.7 Å². The zero-order valence-corrected chi connectivity index (χ0v) is 16.0. The van der Waals surface area contributed by atoms with Gasteiger partial charge < -0.3 is 14.8 Å². The molecular weight excluding hydrogens is 378 g/mol. The van der Waals surface area contributed by atoms with Gasteiger partial charge in [0.05, 0.1) is 36.9 Å². The molecule has 0 unspecified atom stereocenters. The quantitative estimate of drug-likeness (QED) is 0.513. The molecule has 6 nitrogen and oxygen atoms in total. The van der Waals surface area contributed by atoms with Crippen LogP contribution < -0.4 is 14.8 Å². The van der Waals surface area contributed by atoms with Gasteiger partial charge in [0.1, 0.15) is 0 Å². The summed E-state index contributed by atoms with van der Waals surface area (Å²) in [5, 5.41) is 11.0. The van der Waals surface area contributed by atoms with Gasteiger partial charge in [-0.3, -0.25) is 9.89 Å². The number of amides is 1. The maximum atomic E-state index is 12.5. The van der Waals surface area contributed by atoms with Crippen LogP contribution >= 0.6 is 11.6 Å². The van der Waals surface area contributed by atoms with E-state index < -0.39 is 0 Å². The van der Waals surface area contributed by atoms with Crippen LogP contribution in [0.2, 0.25) is 5.02 Å². The number of aromatic nitrogens is 2. The summed E-state index contributed by atoms with van der Waals surface area (Å²) >= 11 is 6.03. The van der Waals surface area contributed by atoms with E-state index in [4.69, 9.17) is 21.1 Å². The smallest absolute Gasteiger partial charge is 0.256 e. The van der Waals surface area contributed by atoms with Crippen molar-refractivity contribution in [3.63, 3.8) is 0 Å². The van der Waals surface area contributed by atoms with E-state index in [0.717, 1.165) is 39.3 Å².